The molecule has 0 aliphatic rings. The van der Waals surface area contributed by atoms with Gasteiger partial charge in [0.25, 0.3) is 0 Å². The summed E-state index contributed by atoms with van der Waals surface area (Å²) in [7, 11) is -3.07. The lowest BCUT2D eigenvalue weighted by molar-refractivity contribution is -0.123. The van der Waals surface area contributed by atoms with Crippen LogP contribution in [0.1, 0.15) is 20.8 Å². The molecule has 5 nitrogen and oxygen atoms in total. The Hall–Kier alpha value is -0.620. The van der Waals surface area contributed by atoms with Gasteiger partial charge in [0.2, 0.25) is 5.91 Å². The van der Waals surface area contributed by atoms with E-state index in [0.29, 0.717) is 0 Å². The van der Waals surface area contributed by atoms with Crippen molar-refractivity contribution in [2.75, 3.05) is 12.0 Å². The van der Waals surface area contributed by atoms with Crippen LogP contribution < -0.4 is 11.1 Å². The summed E-state index contributed by atoms with van der Waals surface area (Å²) in [6.07, 6.45) is 1.14. The number of nitrogens with one attached hydrogen (secondary N) is 1. The van der Waals surface area contributed by atoms with Crippen molar-refractivity contribution in [3.05, 3.63) is 0 Å². The van der Waals surface area contributed by atoms with Crippen molar-refractivity contribution in [3.8, 4) is 0 Å². The molecule has 90 valence electrons. The molecule has 0 aliphatic carbocycles. The van der Waals surface area contributed by atoms with Crippen LogP contribution in [0.15, 0.2) is 0 Å². The van der Waals surface area contributed by atoms with Crippen LogP contribution in [0.2, 0.25) is 0 Å². The Bertz CT molecular complexity index is 311. The third kappa shape index (κ3) is 6.46. The maximum atomic E-state index is 11.4. The van der Waals surface area contributed by atoms with E-state index < -0.39 is 21.9 Å². The molecule has 6 heteroatoms. The van der Waals surface area contributed by atoms with Crippen LogP contribution in [0.3, 0.4) is 0 Å². The summed E-state index contributed by atoms with van der Waals surface area (Å²) < 4.78 is 21.9. The molecule has 0 rings (SSSR count). The van der Waals surface area contributed by atoms with Crippen molar-refractivity contribution in [2.45, 2.75) is 32.9 Å². The maximum absolute atomic E-state index is 11.4. The van der Waals surface area contributed by atoms with Gasteiger partial charge in [-0.1, -0.05) is 13.8 Å². The van der Waals surface area contributed by atoms with Crippen molar-refractivity contribution in [2.24, 2.45) is 11.7 Å². The Labute approximate surface area is 91.3 Å². The van der Waals surface area contributed by atoms with Gasteiger partial charge in [-0.25, -0.2) is 8.42 Å². The minimum absolute atomic E-state index is 0.0374. The summed E-state index contributed by atoms with van der Waals surface area (Å²) in [5, 5.41) is 2.57. The first-order valence-corrected chi connectivity index (χ1v) is 6.93. The monoisotopic (exact) mass is 236 g/mol. The van der Waals surface area contributed by atoms with E-state index in [1.807, 2.05) is 13.8 Å². The molecule has 0 radical (unpaired) electrons. The summed E-state index contributed by atoms with van der Waals surface area (Å²) in [6, 6.07) is -0.996. The highest BCUT2D eigenvalue weighted by Gasteiger charge is 2.20. The zero-order chi connectivity index (χ0) is 12.2. The lowest BCUT2D eigenvalue weighted by Crippen LogP contribution is -2.48. The van der Waals surface area contributed by atoms with E-state index in [4.69, 9.17) is 5.73 Å². The first kappa shape index (κ1) is 14.4. The number of hydrogen-bond donors (Lipinski definition) is 2. The van der Waals surface area contributed by atoms with Crippen molar-refractivity contribution >= 4 is 15.7 Å². The van der Waals surface area contributed by atoms with E-state index in [-0.39, 0.29) is 17.6 Å². The molecule has 1 amide bonds. The predicted molar refractivity (Wildman–Crippen MR) is 60.1 cm³/mol. The molecule has 2 atom stereocenters. The molecule has 1 unspecified atom stereocenters. The molecule has 0 aliphatic heterocycles. The molecule has 0 saturated carbocycles. The van der Waals surface area contributed by atoms with E-state index in [2.05, 4.69) is 5.32 Å². The SMILES string of the molecule is CC(CS(C)(=O)=O)NC(=O)[C@@H](N)C(C)C. The third-order valence-corrected chi connectivity index (χ3v) is 3.07. The van der Waals surface area contributed by atoms with Gasteiger partial charge < -0.3 is 11.1 Å². The minimum atomic E-state index is -3.07. The molecule has 15 heavy (non-hydrogen) atoms. The number of hydrogen-bond acceptors (Lipinski definition) is 4. The van der Waals surface area contributed by atoms with E-state index in [9.17, 15) is 13.2 Å². The number of carbonyl (C=O) groups is 1. The van der Waals surface area contributed by atoms with Crippen molar-refractivity contribution in [3.63, 3.8) is 0 Å². The number of sulfone groups is 1. The highest BCUT2D eigenvalue weighted by Crippen LogP contribution is 1.99. The minimum Gasteiger partial charge on any atom is -0.351 e. The number of nitrogens with two attached hydrogens (primary N) is 1. The summed E-state index contributed by atoms with van der Waals surface area (Å²) in [5.74, 6) is -0.333. The van der Waals surface area contributed by atoms with Crippen LogP contribution in [0.25, 0.3) is 0 Å². The summed E-state index contributed by atoms with van der Waals surface area (Å²) in [5.41, 5.74) is 5.61. The third-order valence-electron chi connectivity index (χ3n) is 1.96. The van der Waals surface area contributed by atoms with E-state index in [0.717, 1.165) is 6.26 Å². The molecule has 3 N–H and O–H groups in total. The van der Waals surface area contributed by atoms with Crippen LogP contribution in [-0.2, 0) is 14.6 Å². The average molecular weight is 236 g/mol. The van der Waals surface area contributed by atoms with Gasteiger partial charge in [0.05, 0.1) is 11.8 Å². The molecular formula is C9H20N2O3S. The van der Waals surface area contributed by atoms with Gasteiger partial charge in [-0.3, -0.25) is 4.79 Å². The topological polar surface area (TPSA) is 89.3 Å². The van der Waals surface area contributed by atoms with Crippen LogP contribution in [0.4, 0.5) is 0 Å². The molecule has 0 spiro atoms. The Morgan fingerprint density at radius 3 is 2.13 bits per heavy atom. The predicted octanol–water partition coefficient (Wildman–Crippen LogP) is -0.481. The van der Waals surface area contributed by atoms with Crippen molar-refractivity contribution < 1.29 is 13.2 Å². The fourth-order valence-electron chi connectivity index (χ4n) is 1.14. The molecule has 0 saturated heterocycles. The largest absolute Gasteiger partial charge is 0.351 e. The van der Waals surface area contributed by atoms with Crippen LogP contribution in [0, 0.1) is 5.92 Å². The van der Waals surface area contributed by atoms with Gasteiger partial charge in [-0.2, -0.15) is 0 Å². The van der Waals surface area contributed by atoms with Gasteiger partial charge >= 0.3 is 0 Å². The maximum Gasteiger partial charge on any atom is 0.237 e. The second kappa shape index (κ2) is 5.46. The number of carbonyl (C=O) groups excluding carboxylic acids is 1. The van der Waals surface area contributed by atoms with Crippen LogP contribution in [-0.4, -0.2) is 38.4 Å². The lowest BCUT2D eigenvalue weighted by Gasteiger charge is -2.19. The van der Waals surface area contributed by atoms with Crippen LogP contribution in [0.5, 0.6) is 0 Å². The summed E-state index contributed by atoms with van der Waals surface area (Å²) >= 11 is 0. The molecule has 0 fully saturated rings. The van der Waals surface area contributed by atoms with Gasteiger partial charge in [0.15, 0.2) is 0 Å². The highest BCUT2D eigenvalue weighted by molar-refractivity contribution is 7.90. The Kier molecular flexibility index (Phi) is 5.23. The van der Waals surface area contributed by atoms with Crippen LogP contribution >= 0.6 is 0 Å². The fraction of sp³-hybridized carbons (Fsp3) is 0.889. The molecule has 0 heterocycles. The second-order valence-corrected chi connectivity index (χ2v) is 6.46. The Morgan fingerprint density at radius 2 is 1.80 bits per heavy atom. The summed E-state index contributed by atoms with van der Waals surface area (Å²) in [6.45, 7) is 5.32. The smallest absolute Gasteiger partial charge is 0.237 e. The Morgan fingerprint density at radius 1 is 1.33 bits per heavy atom. The Balaban J connectivity index is 4.19. The quantitative estimate of drug-likeness (QED) is 0.674. The first-order valence-electron chi connectivity index (χ1n) is 4.87. The van der Waals surface area contributed by atoms with Crippen molar-refractivity contribution in [1.29, 1.82) is 0 Å². The fourth-order valence-corrected chi connectivity index (χ4v) is 2.13. The molecule has 0 bridgehead atoms. The van der Waals surface area contributed by atoms with E-state index in [1.54, 1.807) is 6.92 Å². The van der Waals surface area contributed by atoms with Gasteiger partial charge in [0.1, 0.15) is 9.84 Å². The van der Waals surface area contributed by atoms with Gasteiger partial charge in [0, 0.05) is 12.3 Å². The van der Waals surface area contributed by atoms with Crippen molar-refractivity contribution in [1.82, 2.24) is 5.32 Å². The lowest BCUT2D eigenvalue weighted by atomic mass is 10.0. The molecule has 0 aromatic carbocycles. The summed E-state index contributed by atoms with van der Waals surface area (Å²) in [4.78, 5) is 11.4. The highest BCUT2D eigenvalue weighted by atomic mass is 32.2. The standard InChI is InChI=1S/C9H20N2O3S/c1-6(2)8(10)9(12)11-7(3)5-15(4,13)14/h6-8H,5,10H2,1-4H3,(H,11,12)/t7?,8-/m0/s1. The average Bonchev–Trinajstić information content (AvgIpc) is 1.98. The van der Waals surface area contributed by atoms with Gasteiger partial charge in [-0.15, -0.1) is 0 Å². The molecule has 0 aromatic rings. The first-order chi connectivity index (χ1) is 6.63. The second-order valence-electron chi connectivity index (χ2n) is 4.27. The zero-order valence-electron chi connectivity index (χ0n) is 9.65. The number of amides is 1. The van der Waals surface area contributed by atoms with Gasteiger partial charge in [-0.05, 0) is 12.8 Å². The number of rotatable bonds is 5. The molecular weight excluding hydrogens is 216 g/mol. The van der Waals surface area contributed by atoms with E-state index in [1.165, 1.54) is 0 Å². The molecule has 0 aromatic heterocycles. The normalized spacial score (nSPS) is 16.1. The zero-order valence-corrected chi connectivity index (χ0v) is 10.5. The van der Waals surface area contributed by atoms with E-state index >= 15 is 0 Å².